The number of rotatable bonds is 4. The summed E-state index contributed by atoms with van der Waals surface area (Å²) in [5, 5.41) is 6.30. The van der Waals surface area contributed by atoms with Crippen LogP contribution >= 0.6 is 24.0 Å². The highest BCUT2D eigenvalue weighted by Gasteiger charge is 2.42. The topological polar surface area (TPSA) is 96.2 Å². The minimum Gasteiger partial charge on any atom is -0.465 e. The Morgan fingerprint density at radius 2 is 2.29 bits per heavy atom. The van der Waals surface area contributed by atoms with Crippen LogP contribution in [0.2, 0.25) is 0 Å². The third-order valence-corrected chi connectivity index (χ3v) is 5.25. The van der Waals surface area contributed by atoms with E-state index in [2.05, 4.69) is 15.5 Å². The van der Waals surface area contributed by atoms with Crippen molar-refractivity contribution in [3.05, 3.63) is 23.2 Å². The first-order chi connectivity index (χ1) is 13.0. The lowest BCUT2D eigenvalue weighted by atomic mass is 9.79. The van der Waals surface area contributed by atoms with E-state index in [9.17, 15) is 9.59 Å². The van der Waals surface area contributed by atoms with Crippen LogP contribution < -0.4 is 10.6 Å². The number of likely N-dealkylation sites (tertiary alicyclic amines) is 1. The third kappa shape index (κ3) is 4.98. The van der Waals surface area contributed by atoms with Crippen molar-refractivity contribution in [3.8, 4) is 0 Å². The number of halogens is 1. The Kier molecular flexibility index (Phi) is 7.73. The highest BCUT2D eigenvalue weighted by atomic mass is 127. The molecule has 0 bridgehead atoms. The summed E-state index contributed by atoms with van der Waals surface area (Å²) in [4.78, 5) is 30.4. The summed E-state index contributed by atoms with van der Waals surface area (Å²) < 4.78 is 10.4. The van der Waals surface area contributed by atoms with Gasteiger partial charge in [0.15, 0.2) is 5.96 Å². The van der Waals surface area contributed by atoms with Gasteiger partial charge < -0.3 is 24.7 Å². The summed E-state index contributed by atoms with van der Waals surface area (Å²) in [7, 11) is 1.35. The average Bonchev–Trinajstić information content (AvgIpc) is 3.20. The molecule has 3 heterocycles. The summed E-state index contributed by atoms with van der Waals surface area (Å²) in [5.41, 5.74) is 0.436. The Hall–Kier alpha value is -1.78. The number of hydrogen-bond donors (Lipinski definition) is 2. The maximum Gasteiger partial charge on any atom is 0.341 e. The largest absolute Gasteiger partial charge is 0.465 e. The van der Waals surface area contributed by atoms with Crippen LogP contribution in [0.3, 0.4) is 0 Å². The van der Waals surface area contributed by atoms with Gasteiger partial charge in [-0.3, -0.25) is 4.79 Å². The van der Waals surface area contributed by atoms with Crippen molar-refractivity contribution in [2.45, 2.75) is 39.7 Å². The zero-order valence-electron chi connectivity index (χ0n) is 16.7. The number of hydrogen-bond acceptors (Lipinski definition) is 5. The van der Waals surface area contributed by atoms with Gasteiger partial charge in [-0.15, -0.1) is 24.0 Å². The van der Waals surface area contributed by atoms with Crippen LogP contribution in [0.1, 0.15) is 48.1 Å². The SMILES string of the molecule is CCNC(=NCc1cc(C(=O)OC)c(C)o1)N1CCCC2(CNC(=O)C2)C1.I. The van der Waals surface area contributed by atoms with Crippen LogP contribution in [0.5, 0.6) is 0 Å². The molecule has 1 amide bonds. The zero-order valence-corrected chi connectivity index (χ0v) is 19.0. The summed E-state index contributed by atoms with van der Waals surface area (Å²) >= 11 is 0. The molecule has 1 atom stereocenters. The van der Waals surface area contributed by atoms with Crippen molar-refractivity contribution in [3.63, 3.8) is 0 Å². The molecule has 2 aliphatic heterocycles. The average molecular weight is 504 g/mol. The molecule has 156 valence electrons. The molecule has 9 heteroatoms. The van der Waals surface area contributed by atoms with E-state index in [1.54, 1.807) is 13.0 Å². The van der Waals surface area contributed by atoms with Crippen molar-refractivity contribution >= 4 is 41.8 Å². The van der Waals surface area contributed by atoms with Gasteiger partial charge >= 0.3 is 5.97 Å². The number of furan rings is 1. The second-order valence-corrected chi connectivity index (χ2v) is 7.32. The molecule has 0 radical (unpaired) electrons. The Morgan fingerprint density at radius 3 is 2.93 bits per heavy atom. The minimum atomic E-state index is -0.408. The minimum absolute atomic E-state index is 0. The van der Waals surface area contributed by atoms with Crippen molar-refractivity contribution in [1.82, 2.24) is 15.5 Å². The van der Waals surface area contributed by atoms with E-state index >= 15 is 0 Å². The lowest BCUT2D eigenvalue weighted by Crippen LogP contribution is -2.51. The number of aliphatic imine (C=N–C) groups is 1. The molecule has 2 N–H and O–H groups in total. The Bertz CT molecular complexity index is 748. The highest BCUT2D eigenvalue weighted by Crippen LogP contribution is 2.36. The number of carbonyl (C=O) groups excluding carboxylic acids is 2. The smallest absolute Gasteiger partial charge is 0.341 e. The van der Waals surface area contributed by atoms with Gasteiger partial charge in [0.25, 0.3) is 0 Å². The highest BCUT2D eigenvalue weighted by molar-refractivity contribution is 14.0. The van der Waals surface area contributed by atoms with Gasteiger partial charge in [-0.05, 0) is 32.8 Å². The quantitative estimate of drug-likeness (QED) is 0.282. The molecule has 0 aromatic carbocycles. The van der Waals surface area contributed by atoms with E-state index in [0.29, 0.717) is 30.0 Å². The number of esters is 1. The van der Waals surface area contributed by atoms with Crippen LogP contribution in [0, 0.1) is 12.3 Å². The predicted molar refractivity (Wildman–Crippen MR) is 116 cm³/mol. The molecule has 0 saturated carbocycles. The zero-order chi connectivity index (χ0) is 19.4. The molecule has 2 aliphatic rings. The number of piperidine rings is 1. The molecule has 1 aromatic rings. The second-order valence-electron chi connectivity index (χ2n) is 7.32. The van der Waals surface area contributed by atoms with Gasteiger partial charge in [-0.1, -0.05) is 0 Å². The fourth-order valence-electron chi connectivity index (χ4n) is 3.94. The molecule has 1 unspecified atom stereocenters. The molecule has 3 rings (SSSR count). The number of guanidine groups is 1. The number of methoxy groups -OCH3 is 1. The van der Waals surface area contributed by atoms with Crippen molar-refractivity contribution in [2.24, 2.45) is 10.4 Å². The van der Waals surface area contributed by atoms with Crippen molar-refractivity contribution in [1.29, 1.82) is 0 Å². The first-order valence-corrected chi connectivity index (χ1v) is 9.44. The maximum atomic E-state index is 11.7. The monoisotopic (exact) mass is 504 g/mol. The van der Waals surface area contributed by atoms with Gasteiger partial charge in [-0.25, -0.2) is 9.79 Å². The molecular formula is C19H29IN4O4. The second kappa shape index (κ2) is 9.62. The number of ether oxygens (including phenoxy) is 1. The number of aryl methyl sites for hydroxylation is 1. The van der Waals surface area contributed by atoms with Crippen LogP contribution in [-0.2, 0) is 16.1 Å². The lowest BCUT2D eigenvalue weighted by Gasteiger charge is -2.40. The molecule has 8 nitrogen and oxygen atoms in total. The Labute approximate surface area is 182 Å². The standard InChI is InChI=1S/C19H28N4O4.HI/c1-4-20-18(21-10-14-8-15(13(2)27-14)17(25)26-3)23-7-5-6-19(12-23)9-16(24)22-11-19;/h8H,4-7,9-12H2,1-3H3,(H,20,21)(H,22,24);1H. The summed E-state index contributed by atoms with van der Waals surface area (Å²) in [6.45, 7) is 7.31. The lowest BCUT2D eigenvalue weighted by molar-refractivity contribution is -0.119. The van der Waals surface area contributed by atoms with E-state index in [4.69, 9.17) is 14.1 Å². The van der Waals surface area contributed by atoms with Crippen LogP contribution in [-0.4, -0.2) is 56.0 Å². The number of nitrogens with zero attached hydrogens (tertiary/aromatic N) is 2. The van der Waals surface area contributed by atoms with Crippen LogP contribution in [0.4, 0.5) is 0 Å². The fraction of sp³-hybridized carbons (Fsp3) is 0.632. The molecule has 2 fully saturated rings. The molecule has 28 heavy (non-hydrogen) atoms. The summed E-state index contributed by atoms with van der Waals surface area (Å²) in [6.07, 6.45) is 2.68. The van der Waals surface area contributed by atoms with Gasteiger partial charge in [0.1, 0.15) is 23.6 Å². The Morgan fingerprint density at radius 1 is 1.50 bits per heavy atom. The van der Waals surface area contributed by atoms with E-state index in [0.717, 1.165) is 45.0 Å². The first-order valence-electron chi connectivity index (χ1n) is 9.44. The molecule has 1 aromatic heterocycles. The molecule has 2 saturated heterocycles. The summed E-state index contributed by atoms with van der Waals surface area (Å²) in [6, 6.07) is 1.69. The summed E-state index contributed by atoms with van der Waals surface area (Å²) in [5.74, 6) is 1.69. The normalized spacial score (nSPS) is 22.0. The van der Waals surface area contributed by atoms with Gasteiger partial charge in [0, 0.05) is 38.0 Å². The number of carbonyl (C=O) groups is 2. The van der Waals surface area contributed by atoms with E-state index < -0.39 is 5.97 Å². The molecule has 1 spiro atoms. The number of amides is 1. The van der Waals surface area contributed by atoms with E-state index in [1.807, 2.05) is 6.92 Å². The molecule has 0 aliphatic carbocycles. The van der Waals surface area contributed by atoms with Crippen molar-refractivity contribution in [2.75, 3.05) is 33.3 Å². The van der Waals surface area contributed by atoms with E-state index in [1.165, 1.54) is 7.11 Å². The Balaban J connectivity index is 0.00000280. The maximum absolute atomic E-state index is 11.7. The molecular weight excluding hydrogens is 475 g/mol. The predicted octanol–water partition coefficient (Wildman–Crippen LogP) is 2.06. The van der Waals surface area contributed by atoms with Crippen molar-refractivity contribution < 1.29 is 18.7 Å². The van der Waals surface area contributed by atoms with Crippen LogP contribution in [0.25, 0.3) is 0 Å². The van der Waals surface area contributed by atoms with E-state index in [-0.39, 0.29) is 35.3 Å². The first kappa shape index (κ1) is 22.5. The third-order valence-electron chi connectivity index (χ3n) is 5.25. The van der Waals surface area contributed by atoms with Gasteiger partial charge in [0.05, 0.1) is 7.11 Å². The van der Waals surface area contributed by atoms with Gasteiger partial charge in [0.2, 0.25) is 5.91 Å². The fourth-order valence-corrected chi connectivity index (χ4v) is 3.94. The van der Waals surface area contributed by atoms with Crippen LogP contribution in [0.15, 0.2) is 15.5 Å². The number of nitrogens with one attached hydrogen (secondary N) is 2. The van der Waals surface area contributed by atoms with Gasteiger partial charge in [-0.2, -0.15) is 0 Å².